The van der Waals surface area contributed by atoms with Gasteiger partial charge in [-0.3, -0.25) is 9.78 Å². The smallest absolute Gasteiger partial charge is 0.225 e. The molecule has 1 saturated carbocycles. The van der Waals surface area contributed by atoms with Crippen LogP contribution in [0.25, 0.3) is 22.0 Å². The Kier molecular flexibility index (Phi) is 4.70. The molecular formula is C25H26N2O2. The van der Waals surface area contributed by atoms with Crippen molar-refractivity contribution in [3.8, 4) is 16.9 Å². The first-order valence-corrected chi connectivity index (χ1v) is 10.6. The van der Waals surface area contributed by atoms with E-state index in [1.54, 1.807) is 0 Å². The van der Waals surface area contributed by atoms with Crippen LogP contribution in [0.5, 0.6) is 5.75 Å². The predicted molar refractivity (Wildman–Crippen MR) is 115 cm³/mol. The second kappa shape index (κ2) is 7.51. The number of piperidine rings is 1. The molecule has 1 amide bonds. The maximum atomic E-state index is 12.2. The van der Waals surface area contributed by atoms with Crippen LogP contribution in [0.1, 0.15) is 31.2 Å². The highest BCUT2D eigenvalue weighted by Gasteiger charge is 2.35. The molecule has 4 nitrogen and oxygen atoms in total. The zero-order valence-electron chi connectivity index (χ0n) is 16.8. The van der Waals surface area contributed by atoms with E-state index in [9.17, 15) is 4.79 Å². The Balaban J connectivity index is 1.22. The van der Waals surface area contributed by atoms with Gasteiger partial charge in [-0.25, -0.2) is 0 Å². The molecule has 0 bridgehead atoms. The Morgan fingerprint density at radius 1 is 0.966 bits per heavy atom. The molecule has 2 heterocycles. The van der Waals surface area contributed by atoms with Crippen molar-refractivity contribution in [2.45, 2.75) is 38.7 Å². The van der Waals surface area contributed by atoms with Gasteiger partial charge in [0.05, 0.1) is 5.52 Å². The normalized spacial score (nSPS) is 17.5. The van der Waals surface area contributed by atoms with Gasteiger partial charge in [0.1, 0.15) is 11.9 Å². The minimum atomic E-state index is 0.192. The third kappa shape index (κ3) is 3.98. The molecule has 1 aliphatic heterocycles. The minimum Gasteiger partial charge on any atom is -0.490 e. The maximum absolute atomic E-state index is 12.2. The van der Waals surface area contributed by atoms with Crippen LogP contribution in [0.15, 0.2) is 54.7 Å². The van der Waals surface area contributed by atoms with Crippen LogP contribution < -0.4 is 4.74 Å². The van der Waals surface area contributed by atoms with Crippen molar-refractivity contribution in [1.29, 1.82) is 0 Å². The van der Waals surface area contributed by atoms with Crippen LogP contribution >= 0.6 is 0 Å². The molecule has 5 rings (SSSR count). The molecule has 1 aromatic heterocycles. The molecule has 1 aliphatic carbocycles. The van der Waals surface area contributed by atoms with Crippen molar-refractivity contribution < 1.29 is 9.53 Å². The number of hydrogen-bond donors (Lipinski definition) is 0. The molecule has 4 heteroatoms. The second-order valence-corrected chi connectivity index (χ2v) is 8.36. The summed E-state index contributed by atoms with van der Waals surface area (Å²) in [4.78, 5) is 18.7. The number of fused-ring (bicyclic) bond motifs is 1. The van der Waals surface area contributed by atoms with Crippen LogP contribution in [0.4, 0.5) is 0 Å². The number of nitrogens with zero attached hydrogens (tertiary/aromatic N) is 2. The van der Waals surface area contributed by atoms with Crippen LogP contribution in [0.2, 0.25) is 0 Å². The Morgan fingerprint density at radius 2 is 1.69 bits per heavy atom. The molecule has 2 fully saturated rings. The topological polar surface area (TPSA) is 42.4 Å². The number of benzene rings is 2. The van der Waals surface area contributed by atoms with E-state index in [0.29, 0.717) is 11.8 Å². The summed E-state index contributed by atoms with van der Waals surface area (Å²) < 4.78 is 6.18. The van der Waals surface area contributed by atoms with Gasteiger partial charge in [0.15, 0.2) is 0 Å². The second-order valence-electron chi connectivity index (χ2n) is 8.36. The van der Waals surface area contributed by atoms with Gasteiger partial charge in [-0.05, 0) is 60.7 Å². The molecule has 29 heavy (non-hydrogen) atoms. The van der Waals surface area contributed by atoms with Gasteiger partial charge >= 0.3 is 0 Å². The quantitative estimate of drug-likeness (QED) is 0.634. The lowest BCUT2D eigenvalue weighted by molar-refractivity contribution is -0.134. The lowest BCUT2D eigenvalue weighted by Crippen LogP contribution is -2.42. The number of hydrogen-bond acceptors (Lipinski definition) is 3. The van der Waals surface area contributed by atoms with Crippen LogP contribution in [-0.4, -0.2) is 35.0 Å². The van der Waals surface area contributed by atoms with Gasteiger partial charge in [0.25, 0.3) is 0 Å². The molecular weight excluding hydrogens is 360 g/mol. The highest BCUT2D eigenvalue weighted by atomic mass is 16.5. The van der Waals surface area contributed by atoms with E-state index in [1.807, 2.05) is 23.2 Å². The Morgan fingerprint density at radius 3 is 2.41 bits per heavy atom. The van der Waals surface area contributed by atoms with E-state index < -0.39 is 0 Å². The van der Waals surface area contributed by atoms with Gasteiger partial charge in [0.2, 0.25) is 5.91 Å². The SMILES string of the molecule is Cc1cnc2cc(-c3ccc(OC4CCN(C(=O)C5CC5)CC4)cc3)ccc2c1. The van der Waals surface area contributed by atoms with E-state index in [4.69, 9.17) is 4.74 Å². The van der Waals surface area contributed by atoms with Crippen molar-refractivity contribution in [3.63, 3.8) is 0 Å². The molecule has 3 aromatic rings. The van der Waals surface area contributed by atoms with E-state index >= 15 is 0 Å². The minimum absolute atomic E-state index is 0.192. The van der Waals surface area contributed by atoms with Gasteiger partial charge in [-0.1, -0.05) is 24.3 Å². The van der Waals surface area contributed by atoms with E-state index in [2.05, 4.69) is 48.3 Å². The number of aryl methyl sites for hydroxylation is 1. The van der Waals surface area contributed by atoms with Crippen molar-refractivity contribution >= 4 is 16.8 Å². The maximum Gasteiger partial charge on any atom is 0.225 e. The number of rotatable bonds is 4. The standard InChI is InChI=1S/C25H26N2O2/c1-17-14-21-5-4-20(15-24(21)26-16-17)18-6-8-22(9-7-18)29-23-10-12-27(13-11-23)25(28)19-2-3-19/h4-9,14-16,19,23H,2-3,10-13H2,1H3. The summed E-state index contributed by atoms with van der Waals surface area (Å²) in [6, 6.07) is 16.9. The summed E-state index contributed by atoms with van der Waals surface area (Å²) in [6.07, 6.45) is 6.08. The van der Waals surface area contributed by atoms with Crippen molar-refractivity contribution in [3.05, 3.63) is 60.3 Å². The summed E-state index contributed by atoms with van der Waals surface area (Å²) in [5.74, 6) is 1.57. The van der Waals surface area contributed by atoms with Crippen LogP contribution in [0.3, 0.4) is 0 Å². The average Bonchev–Trinajstić information content (AvgIpc) is 3.59. The number of pyridine rings is 1. The van der Waals surface area contributed by atoms with E-state index in [0.717, 1.165) is 61.2 Å². The zero-order chi connectivity index (χ0) is 19.8. The molecule has 2 aliphatic rings. The number of carbonyl (C=O) groups excluding carboxylic acids is 1. The molecule has 148 valence electrons. The van der Waals surface area contributed by atoms with Gasteiger partial charge in [-0.15, -0.1) is 0 Å². The van der Waals surface area contributed by atoms with E-state index in [1.165, 1.54) is 10.9 Å². The first-order chi connectivity index (χ1) is 14.2. The Labute approximate surface area is 171 Å². The fourth-order valence-electron chi connectivity index (χ4n) is 4.11. The third-order valence-corrected chi connectivity index (χ3v) is 5.99. The molecule has 0 radical (unpaired) electrons. The molecule has 2 aromatic carbocycles. The van der Waals surface area contributed by atoms with Crippen molar-refractivity contribution in [1.82, 2.24) is 9.88 Å². The monoisotopic (exact) mass is 386 g/mol. The van der Waals surface area contributed by atoms with E-state index in [-0.39, 0.29) is 6.10 Å². The van der Waals surface area contributed by atoms with Gasteiger partial charge in [-0.2, -0.15) is 0 Å². The lowest BCUT2D eigenvalue weighted by atomic mass is 10.0. The van der Waals surface area contributed by atoms with Crippen molar-refractivity contribution in [2.75, 3.05) is 13.1 Å². The van der Waals surface area contributed by atoms with Crippen LogP contribution in [-0.2, 0) is 4.79 Å². The zero-order valence-corrected chi connectivity index (χ0v) is 16.8. The number of amides is 1. The largest absolute Gasteiger partial charge is 0.490 e. The fourth-order valence-corrected chi connectivity index (χ4v) is 4.11. The molecule has 1 saturated heterocycles. The highest BCUT2D eigenvalue weighted by Crippen LogP contribution is 2.32. The van der Waals surface area contributed by atoms with Gasteiger partial charge in [0, 0.05) is 43.4 Å². The van der Waals surface area contributed by atoms with Gasteiger partial charge < -0.3 is 9.64 Å². The number of likely N-dealkylation sites (tertiary alicyclic amines) is 1. The predicted octanol–water partition coefficient (Wildman–Crippen LogP) is 4.99. The summed E-state index contributed by atoms with van der Waals surface area (Å²) in [7, 11) is 0. The summed E-state index contributed by atoms with van der Waals surface area (Å²) in [5, 5.41) is 1.17. The molecule has 0 N–H and O–H groups in total. The summed E-state index contributed by atoms with van der Waals surface area (Å²) in [6.45, 7) is 3.71. The third-order valence-electron chi connectivity index (χ3n) is 5.99. The first-order valence-electron chi connectivity index (χ1n) is 10.6. The van der Waals surface area contributed by atoms with Crippen LogP contribution in [0, 0.1) is 12.8 Å². The van der Waals surface area contributed by atoms with Crippen molar-refractivity contribution in [2.24, 2.45) is 5.92 Å². The first kappa shape index (κ1) is 18.2. The summed E-state index contributed by atoms with van der Waals surface area (Å²) >= 11 is 0. The Hall–Kier alpha value is -2.88. The Bertz CT molecular complexity index is 1030. The average molecular weight is 386 g/mol. The fraction of sp³-hybridized carbons (Fsp3) is 0.360. The number of aromatic nitrogens is 1. The highest BCUT2D eigenvalue weighted by molar-refractivity contribution is 5.84. The number of ether oxygens (including phenoxy) is 1. The molecule has 0 spiro atoms. The summed E-state index contributed by atoms with van der Waals surface area (Å²) in [5.41, 5.74) is 4.51. The lowest BCUT2D eigenvalue weighted by Gasteiger charge is -2.32. The molecule has 0 atom stereocenters. The molecule has 0 unspecified atom stereocenters. The number of carbonyl (C=O) groups is 1.